The maximum absolute atomic E-state index is 12.0. The van der Waals surface area contributed by atoms with E-state index in [0.717, 1.165) is 0 Å². The molecular weight excluding hydrogens is 261 g/mol. The number of rotatable bonds is 4. The summed E-state index contributed by atoms with van der Waals surface area (Å²) in [6.07, 6.45) is -4.66. The third kappa shape index (κ3) is 4.61. The number of benzene rings is 1. The summed E-state index contributed by atoms with van der Waals surface area (Å²) in [6, 6.07) is 6.33. The van der Waals surface area contributed by atoms with Gasteiger partial charge in [0, 0.05) is 18.7 Å². The second kappa shape index (κ2) is 6.21. The summed E-state index contributed by atoms with van der Waals surface area (Å²) in [5.74, 6) is -2.27. The molecular formula is C12H13F3N2O2. The van der Waals surface area contributed by atoms with E-state index in [9.17, 15) is 22.8 Å². The Labute approximate surface area is 108 Å². The molecule has 2 N–H and O–H groups in total. The number of carbonyl (C=O) groups excluding carboxylic acids is 2. The Bertz CT molecular complexity index is 472. The van der Waals surface area contributed by atoms with E-state index in [2.05, 4.69) is 5.32 Å². The Hall–Kier alpha value is -2.05. The van der Waals surface area contributed by atoms with Gasteiger partial charge < -0.3 is 10.6 Å². The van der Waals surface area contributed by atoms with E-state index in [1.807, 2.05) is 0 Å². The molecule has 1 aromatic carbocycles. The molecule has 104 valence electrons. The van der Waals surface area contributed by atoms with Gasteiger partial charge in [0.05, 0.1) is 0 Å². The van der Waals surface area contributed by atoms with Crippen molar-refractivity contribution in [2.75, 3.05) is 5.32 Å². The summed E-state index contributed by atoms with van der Waals surface area (Å²) in [6.45, 7) is 1.35. The van der Waals surface area contributed by atoms with Gasteiger partial charge in [0.25, 0.3) is 0 Å². The first-order valence-electron chi connectivity index (χ1n) is 5.57. The normalized spacial score (nSPS) is 10.9. The molecule has 0 bridgehead atoms. The van der Waals surface area contributed by atoms with Crippen molar-refractivity contribution in [2.45, 2.75) is 26.1 Å². The van der Waals surface area contributed by atoms with Crippen molar-refractivity contribution >= 4 is 17.5 Å². The molecule has 0 radical (unpaired) electrons. The fourth-order valence-electron chi connectivity index (χ4n) is 1.31. The standard InChI is InChI=1S/C12H13F3N2O2/c1-2-10(18)17-9-6-4-3-5-8(9)7-16-11(19)12(13,14)15/h3-6H,2,7H2,1H3,(H,16,19)(H,17,18). The number of hydrogen-bond donors (Lipinski definition) is 2. The zero-order valence-corrected chi connectivity index (χ0v) is 10.2. The molecule has 7 heteroatoms. The maximum atomic E-state index is 12.0. The van der Waals surface area contributed by atoms with Crippen LogP contribution in [0.25, 0.3) is 0 Å². The lowest BCUT2D eigenvalue weighted by atomic mass is 10.1. The summed E-state index contributed by atoms with van der Waals surface area (Å²) >= 11 is 0. The van der Waals surface area contributed by atoms with Crippen molar-refractivity contribution in [1.29, 1.82) is 0 Å². The first-order valence-corrected chi connectivity index (χ1v) is 5.57. The second-order valence-corrected chi connectivity index (χ2v) is 3.74. The summed E-state index contributed by atoms with van der Waals surface area (Å²) in [7, 11) is 0. The van der Waals surface area contributed by atoms with Gasteiger partial charge in [-0.2, -0.15) is 13.2 Å². The SMILES string of the molecule is CCC(=O)Nc1ccccc1CNC(=O)C(F)(F)F. The van der Waals surface area contributed by atoms with Crippen molar-refractivity contribution in [2.24, 2.45) is 0 Å². The predicted molar refractivity (Wildman–Crippen MR) is 63.3 cm³/mol. The number of amides is 2. The van der Waals surface area contributed by atoms with Crippen LogP contribution in [0.4, 0.5) is 18.9 Å². The molecule has 0 atom stereocenters. The lowest BCUT2D eigenvalue weighted by Gasteiger charge is -2.12. The highest BCUT2D eigenvalue weighted by molar-refractivity contribution is 5.91. The lowest BCUT2D eigenvalue weighted by Crippen LogP contribution is -2.36. The largest absolute Gasteiger partial charge is 0.471 e. The summed E-state index contributed by atoms with van der Waals surface area (Å²) < 4.78 is 36.1. The van der Waals surface area contributed by atoms with Crippen LogP contribution in [0.1, 0.15) is 18.9 Å². The van der Waals surface area contributed by atoms with E-state index in [1.54, 1.807) is 30.4 Å². The van der Waals surface area contributed by atoms with Crippen LogP contribution in [0.2, 0.25) is 0 Å². The van der Waals surface area contributed by atoms with Gasteiger partial charge in [0.2, 0.25) is 5.91 Å². The molecule has 0 aliphatic carbocycles. The molecule has 0 saturated carbocycles. The highest BCUT2D eigenvalue weighted by Crippen LogP contribution is 2.17. The number of hydrogen-bond acceptors (Lipinski definition) is 2. The predicted octanol–water partition coefficient (Wildman–Crippen LogP) is 2.21. The van der Waals surface area contributed by atoms with Gasteiger partial charge in [0.1, 0.15) is 0 Å². The molecule has 4 nitrogen and oxygen atoms in total. The van der Waals surface area contributed by atoms with Crippen molar-refractivity contribution in [3.05, 3.63) is 29.8 Å². The minimum absolute atomic E-state index is 0.253. The molecule has 0 aliphatic heterocycles. The van der Waals surface area contributed by atoms with Crippen molar-refractivity contribution < 1.29 is 22.8 Å². The average Bonchev–Trinajstić information content (AvgIpc) is 2.36. The molecule has 1 rings (SSSR count). The Morgan fingerprint density at radius 3 is 2.42 bits per heavy atom. The number of anilines is 1. The van der Waals surface area contributed by atoms with Crippen LogP contribution in [0.3, 0.4) is 0 Å². The van der Waals surface area contributed by atoms with Crippen LogP contribution in [0.15, 0.2) is 24.3 Å². The number of alkyl halides is 3. The van der Waals surface area contributed by atoms with Crippen LogP contribution < -0.4 is 10.6 Å². The van der Waals surface area contributed by atoms with Crippen LogP contribution in [0, 0.1) is 0 Å². The minimum Gasteiger partial charge on any atom is -0.344 e. The van der Waals surface area contributed by atoms with E-state index < -0.39 is 12.1 Å². The Kier molecular flexibility index (Phi) is 4.91. The zero-order chi connectivity index (χ0) is 14.5. The highest BCUT2D eigenvalue weighted by Gasteiger charge is 2.38. The average molecular weight is 274 g/mol. The van der Waals surface area contributed by atoms with Gasteiger partial charge in [-0.15, -0.1) is 0 Å². The molecule has 0 aromatic heterocycles. The van der Waals surface area contributed by atoms with Crippen LogP contribution in [-0.4, -0.2) is 18.0 Å². The Balaban J connectivity index is 2.73. The summed E-state index contributed by atoms with van der Waals surface area (Å²) in [4.78, 5) is 22.0. The first kappa shape index (κ1) is 15.0. The molecule has 0 spiro atoms. The number of para-hydroxylation sites is 1. The van der Waals surface area contributed by atoms with E-state index in [0.29, 0.717) is 11.3 Å². The molecule has 0 unspecified atom stereocenters. The molecule has 0 aliphatic rings. The molecule has 19 heavy (non-hydrogen) atoms. The van der Waals surface area contributed by atoms with Crippen LogP contribution >= 0.6 is 0 Å². The third-order valence-electron chi connectivity index (χ3n) is 2.31. The van der Waals surface area contributed by atoms with Gasteiger partial charge in [-0.3, -0.25) is 9.59 Å². The zero-order valence-electron chi connectivity index (χ0n) is 10.2. The maximum Gasteiger partial charge on any atom is 0.471 e. The first-order chi connectivity index (χ1) is 8.84. The van der Waals surface area contributed by atoms with E-state index in [-0.39, 0.29) is 18.9 Å². The highest BCUT2D eigenvalue weighted by atomic mass is 19.4. The smallest absolute Gasteiger partial charge is 0.344 e. The Morgan fingerprint density at radius 2 is 1.84 bits per heavy atom. The number of nitrogens with one attached hydrogen (secondary N) is 2. The Morgan fingerprint density at radius 1 is 1.21 bits per heavy atom. The fraction of sp³-hybridized carbons (Fsp3) is 0.333. The number of carbonyl (C=O) groups is 2. The van der Waals surface area contributed by atoms with Crippen LogP contribution in [-0.2, 0) is 16.1 Å². The minimum atomic E-state index is -4.92. The quantitative estimate of drug-likeness (QED) is 0.884. The molecule has 0 heterocycles. The van der Waals surface area contributed by atoms with Crippen molar-refractivity contribution in [3.8, 4) is 0 Å². The van der Waals surface area contributed by atoms with Gasteiger partial charge in [0.15, 0.2) is 0 Å². The van der Waals surface area contributed by atoms with Gasteiger partial charge in [-0.1, -0.05) is 25.1 Å². The van der Waals surface area contributed by atoms with E-state index in [1.165, 1.54) is 6.07 Å². The fourth-order valence-corrected chi connectivity index (χ4v) is 1.31. The molecule has 1 aromatic rings. The topological polar surface area (TPSA) is 58.2 Å². The van der Waals surface area contributed by atoms with Crippen molar-refractivity contribution in [3.63, 3.8) is 0 Å². The molecule has 0 saturated heterocycles. The van der Waals surface area contributed by atoms with Crippen LogP contribution in [0.5, 0.6) is 0 Å². The summed E-state index contributed by atoms with van der Waals surface area (Å²) in [5.41, 5.74) is 0.790. The summed E-state index contributed by atoms with van der Waals surface area (Å²) in [5, 5.41) is 4.31. The molecule has 2 amide bonds. The van der Waals surface area contributed by atoms with Gasteiger partial charge in [-0.05, 0) is 11.6 Å². The number of halogens is 3. The monoisotopic (exact) mass is 274 g/mol. The van der Waals surface area contributed by atoms with Gasteiger partial charge in [-0.25, -0.2) is 0 Å². The lowest BCUT2D eigenvalue weighted by molar-refractivity contribution is -0.173. The third-order valence-corrected chi connectivity index (χ3v) is 2.31. The second-order valence-electron chi connectivity index (χ2n) is 3.74. The van der Waals surface area contributed by atoms with Crippen molar-refractivity contribution in [1.82, 2.24) is 5.32 Å². The van der Waals surface area contributed by atoms with E-state index in [4.69, 9.17) is 0 Å². The molecule has 0 fully saturated rings. The van der Waals surface area contributed by atoms with Gasteiger partial charge >= 0.3 is 12.1 Å². The van der Waals surface area contributed by atoms with E-state index >= 15 is 0 Å².